The molecule has 0 bridgehead atoms. The first kappa shape index (κ1) is 12.6. The molecule has 0 spiro atoms. The maximum atomic E-state index is 12.1. The molecule has 1 saturated heterocycles. The number of rotatable bonds is 1. The van der Waals surface area contributed by atoms with E-state index < -0.39 is 0 Å². The van der Waals surface area contributed by atoms with E-state index in [1.54, 1.807) is 11.3 Å². The van der Waals surface area contributed by atoms with Crippen molar-refractivity contribution in [2.75, 3.05) is 4.90 Å². The van der Waals surface area contributed by atoms with Crippen LogP contribution in [0, 0.1) is 0 Å². The Hall–Kier alpha value is -1.42. The number of piperidine rings is 1. The number of hydrogen-bond acceptors (Lipinski definition) is 4. The molecule has 3 nitrogen and oxygen atoms in total. The maximum absolute atomic E-state index is 12.1. The predicted octanol–water partition coefficient (Wildman–Crippen LogP) is 3.42. The monoisotopic (exact) mass is 274 g/mol. The molecule has 0 saturated carbocycles. The van der Waals surface area contributed by atoms with Gasteiger partial charge in [-0.3, -0.25) is 4.79 Å². The lowest BCUT2D eigenvalue weighted by Gasteiger charge is -2.39. The Morgan fingerprint density at radius 2 is 1.89 bits per heavy atom. The van der Waals surface area contributed by atoms with Crippen LogP contribution < -0.4 is 10.5 Å². The fourth-order valence-electron chi connectivity index (χ4n) is 2.91. The summed E-state index contributed by atoms with van der Waals surface area (Å²) in [6.45, 7) is 4.45. The quantitative estimate of drug-likeness (QED) is 0.799. The van der Waals surface area contributed by atoms with Gasteiger partial charge in [0.2, 0.25) is 0 Å². The topological polar surface area (TPSA) is 33.2 Å². The van der Waals surface area contributed by atoms with Crippen LogP contribution in [0.3, 0.4) is 0 Å². The van der Waals surface area contributed by atoms with Gasteiger partial charge < -0.3 is 4.90 Å². The smallest absolute Gasteiger partial charge is 0.281 e. The molecule has 1 aromatic carbocycles. The number of anilines is 1. The summed E-state index contributed by atoms with van der Waals surface area (Å²) in [4.78, 5) is 18.8. The van der Waals surface area contributed by atoms with E-state index in [4.69, 9.17) is 0 Å². The predicted molar refractivity (Wildman–Crippen MR) is 81.1 cm³/mol. The van der Waals surface area contributed by atoms with Gasteiger partial charge in [-0.25, -0.2) is 0 Å². The largest absolute Gasteiger partial charge is 0.343 e. The fourth-order valence-corrected chi connectivity index (χ4v) is 4.11. The first-order valence-corrected chi connectivity index (χ1v) is 7.66. The number of benzene rings is 1. The Balaban J connectivity index is 2.12. The van der Waals surface area contributed by atoms with Crippen molar-refractivity contribution in [2.24, 2.45) is 0 Å². The maximum Gasteiger partial charge on any atom is 0.281 e. The van der Waals surface area contributed by atoms with Gasteiger partial charge in [0.05, 0.1) is 5.39 Å². The number of hydrogen-bond donors (Lipinski definition) is 0. The molecular weight excluding hydrogens is 256 g/mol. The van der Waals surface area contributed by atoms with E-state index in [9.17, 15) is 4.79 Å². The molecule has 1 fully saturated rings. The lowest BCUT2D eigenvalue weighted by molar-refractivity contribution is 0.413. The van der Waals surface area contributed by atoms with Gasteiger partial charge in [0.15, 0.2) is 5.13 Å². The second kappa shape index (κ2) is 4.93. The van der Waals surface area contributed by atoms with E-state index in [0.29, 0.717) is 12.1 Å². The molecule has 19 heavy (non-hydrogen) atoms. The van der Waals surface area contributed by atoms with E-state index in [1.165, 1.54) is 19.3 Å². The van der Waals surface area contributed by atoms with Crippen LogP contribution in [-0.2, 0) is 0 Å². The molecule has 2 heterocycles. The van der Waals surface area contributed by atoms with Crippen LogP contribution in [0.5, 0.6) is 0 Å². The van der Waals surface area contributed by atoms with Gasteiger partial charge in [0.1, 0.15) is 0 Å². The number of fused-ring (bicyclic) bond motifs is 1. The molecular formula is C15H18N2OS. The zero-order valence-corrected chi connectivity index (χ0v) is 12.1. The van der Waals surface area contributed by atoms with Crippen molar-refractivity contribution in [3.8, 4) is 0 Å². The van der Waals surface area contributed by atoms with Crippen LogP contribution >= 0.6 is 11.3 Å². The van der Waals surface area contributed by atoms with Crippen LogP contribution in [0.1, 0.15) is 33.1 Å². The Bertz CT molecular complexity index is 642. The molecule has 0 radical (unpaired) electrons. The van der Waals surface area contributed by atoms with Gasteiger partial charge in [0, 0.05) is 16.8 Å². The highest BCUT2D eigenvalue weighted by atomic mass is 32.1. The van der Waals surface area contributed by atoms with Crippen molar-refractivity contribution in [1.82, 2.24) is 4.98 Å². The van der Waals surface area contributed by atoms with Gasteiger partial charge in [-0.1, -0.05) is 23.5 Å². The second-order valence-corrected chi connectivity index (χ2v) is 6.34. The van der Waals surface area contributed by atoms with Crippen molar-refractivity contribution in [2.45, 2.75) is 45.2 Å². The third kappa shape index (κ3) is 2.25. The number of nitrogens with zero attached hydrogens (tertiary/aromatic N) is 2. The Kier molecular flexibility index (Phi) is 3.27. The minimum absolute atomic E-state index is 0.102. The van der Waals surface area contributed by atoms with Gasteiger partial charge in [0.25, 0.3) is 5.56 Å². The van der Waals surface area contributed by atoms with Crippen LogP contribution in [0.2, 0.25) is 0 Å². The molecule has 1 aliphatic rings. The van der Waals surface area contributed by atoms with Gasteiger partial charge in [-0.2, -0.15) is 4.98 Å². The summed E-state index contributed by atoms with van der Waals surface area (Å²) < 4.78 is 1.03. The SMILES string of the molecule is CC1CCCC(C)N1c1nc(=O)c2ccccc2s1. The van der Waals surface area contributed by atoms with Crippen LogP contribution in [-0.4, -0.2) is 17.1 Å². The Morgan fingerprint density at radius 1 is 1.21 bits per heavy atom. The molecule has 100 valence electrons. The summed E-state index contributed by atoms with van der Waals surface area (Å²) in [7, 11) is 0. The summed E-state index contributed by atoms with van der Waals surface area (Å²) in [6.07, 6.45) is 3.63. The highest BCUT2D eigenvalue weighted by Crippen LogP contribution is 2.31. The van der Waals surface area contributed by atoms with Gasteiger partial charge in [-0.15, -0.1) is 0 Å². The lowest BCUT2D eigenvalue weighted by atomic mass is 9.98. The van der Waals surface area contributed by atoms with E-state index in [0.717, 1.165) is 15.2 Å². The average molecular weight is 274 g/mol. The molecule has 0 amide bonds. The van der Waals surface area contributed by atoms with Crippen LogP contribution in [0.25, 0.3) is 10.1 Å². The molecule has 2 atom stereocenters. The second-order valence-electron chi connectivity index (χ2n) is 5.33. The number of aromatic nitrogens is 1. The summed E-state index contributed by atoms with van der Waals surface area (Å²) in [6, 6.07) is 8.66. The normalized spacial score (nSPS) is 23.8. The van der Waals surface area contributed by atoms with E-state index in [1.807, 2.05) is 24.3 Å². The van der Waals surface area contributed by atoms with Crippen molar-refractivity contribution in [3.05, 3.63) is 34.6 Å². The molecule has 3 rings (SSSR count). The lowest BCUT2D eigenvalue weighted by Crippen LogP contribution is -2.44. The molecule has 1 aliphatic heterocycles. The van der Waals surface area contributed by atoms with Crippen LogP contribution in [0.4, 0.5) is 5.13 Å². The van der Waals surface area contributed by atoms with Crippen molar-refractivity contribution < 1.29 is 0 Å². The molecule has 1 aromatic heterocycles. The summed E-state index contributed by atoms with van der Waals surface area (Å²) in [5.41, 5.74) is -0.102. The molecule has 0 aliphatic carbocycles. The molecule has 2 aromatic rings. The first-order valence-electron chi connectivity index (χ1n) is 6.85. The standard InChI is InChI=1S/C15H18N2OS/c1-10-6-5-7-11(2)17(10)15-16-14(18)12-8-3-4-9-13(12)19-15/h3-4,8-11H,5-7H2,1-2H3. The third-order valence-corrected chi connectivity index (χ3v) is 4.99. The van der Waals surface area contributed by atoms with Gasteiger partial charge >= 0.3 is 0 Å². The van der Waals surface area contributed by atoms with Crippen molar-refractivity contribution in [1.29, 1.82) is 0 Å². The zero-order chi connectivity index (χ0) is 13.4. The zero-order valence-electron chi connectivity index (χ0n) is 11.3. The van der Waals surface area contributed by atoms with E-state index in [2.05, 4.69) is 23.7 Å². The Morgan fingerprint density at radius 3 is 2.63 bits per heavy atom. The minimum Gasteiger partial charge on any atom is -0.343 e. The van der Waals surface area contributed by atoms with Crippen molar-refractivity contribution >= 4 is 26.6 Å². The molecule has 0 N–H and O–H groups in total. The molecule has 2 unspecified atom stereocenters. The highest BCUT2D eigenvalue weighted by Gasteiger charge is 2.26. The Labute approximate surface area is 116 Å². The fraction of sp³-hybridized carbons (Fsp3) is 0.467. The summed E-state index contributed by atoms with van der Waals surface area (Å²) in [5.74, 6) is 0. The van der Waals surface area contributed by atoms with E-state index in [-0.39, 0.29) is 5.56 Å². The summed E-state index contributed by atoms with van der Waals surface area (Å²) >= 11 is 1.63. The minimum atomic E-state index is -0.102. The van der Waals surface area contributed by atoms with E-state index >= 15 is 0 Å². The first-order chi connectivity index (χ1) is 9.16. The summed E-state index contributed by atoms with van der Waals surface area (Å²) in [5, 5.41) is 1.61. The van der Waals surface area contributed by atoms with Crippen molar-refractivity contribution in [3.63, 3.8) is 0 Å². The average Bonchev–Trinajstić information content (AvgIpc) is 2.38. The highest BCUT2D eigenvalue weighted by molar-refractivity contribution is 7.21. The van der Waals surface area contributed by atoms with Crippen LogP contribution in [0.15, 0.2) is 29.1 Å². The third-order valence-electron chi connectivity index (χ3n) is 3.93. The molecule has 4 heteroatoms. The van der Waals surface area contributed by atoms with Gasteiger partial charge in [-0.05, 0) is 45.2 Å².